The zero-order chi connectivity index (χ0) is 30.7. The molecule has 0 saturated heterocycles. The molecule has 0 aromatic heterocycles. The highest BCUT2D eigenvalue weighted by Gasteiger charge is 2.19. The van der Waals surface area contributed by atoms with Crippen molar-refractivity contribution in [3.63, 3.8) is 0 Å². The number of nitrogens with zero attached hydrogens (tertiary/aromatic N) is 2. The summed E-state index contributed by atoms with van der Waals surface area (Å²) in [6, 6.07) is 6.82. The predicted octanol–water partition coefficient (Wildman–Crippen LogP) is 8.93. The first kappa shape index (κ1) is 38.1. The Balaban J connectivity index is 2.34. The second-order valence-electron chi connectivity index (χ2n) is 11.6. The summed E-state index contributed by atoms with van der Waals surface area (Å²) in [4.78, 5) is 30.4. The third-order valence-electron chi connectivity index (χ3n) is 8.20. The summed E-state index contributed by atoms with van der Waals surface area (Å²) in [5.74, 6) is -0.925. The van der Waals surface area contributed by atoms with Gasteiger partial charge in [0.05, 0.1) is 11.1 Å². The maximum atomic E-state index is 12.9. The van der Waals surface area contributed by atoms with Crippen LogP contribution in [0.2, 0.25) is 0 Å². The number of rotatable bonds is 28. The SMILES string of the molecule is CCCCCCCCCCN(CC)CCOC(=O)c1ccccc1C(=O)OCCN(CC)CCCCCCCCCC. The molecule has 1 aromatic rings. The molecule has 6 nitrogen and oxygen atoms in total. The van der Waals surface area contributed by atoms with E-state index in [1.54, 1.807) is 24.3 Å². The van der Waals surface area contributed by atoms with Crippen molar-refractivity contribution >= 4 is 11.9 Å². The molecule has 0 unspecified atom stereocenters. The molecule has 1 rings (SSSR count). The van der Waals surface area contributed by atoms with Crippen LogP contribution in [0.5, 0.6) is 0 Å². The number of carbonyl (C=O) groups excluding carboxylic acids is 2. The minimum atomic E-state index is -0.462. The van der Waals surface area contributed by atoms with Gasteiger partial charge in [-0.1, -0.05) is 130 Å². The Morgan fingerprint density at radius 2 is 0.833 bits per heavy atom. The van der Waals surface area contributed by atoms with E-state index in [2.05, 4.69) is 37.5 Å². The molecule has 42 heavy (non-hydrogen) atoms. The summed E-state index contributed by atoms with van der Waals surface area (Å²) in [5.41, 5.74) is 0.555. The summed E-state index contributed by atoms with van der Waals surface area (Å²) in [6.07, 6.45) is 20.9. The van der Waals surface area contributed by atoms with Crippen LogP contribution in [0.3, 0.4) is 0 Å². The van der Waals surface area contributed by atoms with Crippen LogP contribution >= 0.6 is 0 Å². The zero-order valence-corrected chi connectivity index (χ0v) is 27.8. The van der Waals surface area contributed by atoms with Gasteiger partial charge in [-0.2, -0.15) is 0 Å². The van der Waals surface area contributed by atoms with Gasteiger partial charge in [0.15, 0.2) is 0 Å². The molecule has 0 fully saturated rings. The van der Waals surface area contributed by atoms with Gasteiger partial charge in [0.1, 0.15) is 13.2 Å². The van der Waals surface area contributed by atoms with Crippen molar-refractivity contribution in [2.75, 3.05) is 52.5 Å². The number of esters is 2. The van der Waals surface area contributed by atoms with Gasteiger partial charge in [-0.05, 0) is 51.2 Å². The van der Waals surface area contributed by atoms with Gasteiger partial charge in [0.2, 0.25) is 0 Å². The molecule has 0 spiro atoms. The van der Waals surface area contributed by atoms with Crippen LogP contribution in [0.25, 0.3) is 0 Å². The van der Waals surface area contributed by atoms with E-state index in [0.29, 0.717) is 26.3 Å². The number of benzene rings is 1. The number of likely N-dealkylation sites (N-methyl/N-ethyl adjacent to an activating group) is 2. The molecule has 0 aliphatic rings. The van der Waals surface area contributed by atoms with Crippen molar-refractivity contribution < 1.29 is 19.1 Å². The monoisotopic (exact) mass is 588 g/mol. The van der Waals surface area contributed by atoms with Gasteiger partial charge in [0, 0.05) is 13.1 Å². The third kappa shape index (κ3) is 18.6. The molecule has 1 aromatic carbocycles. The molecule has 242 valence electrons. The average molecular weight is 589 g/mol. The van der Waals surface area contributed by atoms with Crippen LogP contribution in [0, 0.1) is 0 Å². The van der Waals surface area contributed by atoms with Crippen LogP contribution in [0.15, 0.2) is 24.3 Å². The first-order valence-electron chi connectivity index (χ1n) is 17.4. The van der Waals surface area contributed by atoms with Crippen molar-refractivity contribution in [1.29, 1.82) is 0 Å². The molecule has 6 heteroatoms. The molecule has 0 atom stereocenters. The van der Waals surface area contributed by atoms with Crippen molar-refractivity contribution in [1.82, 2.24) is 9.80 Å². The molecular formula is C36H64N2O4. The highest BCUT2D eigenvalue weighted by molar-refractivity contribution is 6.03. The second kappa shape index (κ2) is 26.7. The molecule has 0 aliphatic carbocycles. The lowest BCUT2D eigenvalue weighted by Crippen LogP contribution is -2.30. The van der Waals surface area contributed by atoms with Crippen molar-refractivity contribution in [3.8, 4) is 0 Å². The van der Waals surface area contributed by atoms with Crippen LogP contribution in [0.4, 0.5) is 0 Å². The third-order valence-corrected chi connectivity index (χ3v) is 8.20. The van der Waals surface area contributed by atoms with Crippen molar-refractivity contribution in [3.05, 3.63) is 35.4 Å². The summed E-state index contributed by atoms with van der Waals surface area (Å²) < 4.78 is 11.2. The van der Waals surface area contributed by atoms with Crippen LogP contribution in [-0.2, 0) is 9.47 Å². The Kier molecular flexibility index (Phi) is 24.2. The number of carbonyl (C=O) groups is 2. The van der Waals surface area contributed by atoms with E-state index >= 15 is 0 Å². The predicted molar refractivity (Wildman–Crippen MR) is 176 cm³/mol. The number of ether oxygens (including phenoxy) is 2. The number of hydrogen-bond donors (Lipinski definition) is 0. The lowest BCUT2D eigenvalue weighted by Gasteiger charge is -2.20. The van der Waals surface area contributed by atoms with Crippen LogP contribution in [0.1, 0.15) is 151 Å². The highest BCUT2D eigenvalue weighted by atomic mass is 16.5. The average Bonchev–Trinajstić information content (AvgIpc) is 3.01. The van der Waals surface area contributed by atoms with Crippen molar-refractivity contribution in [2.45, 2.75) is 130 Å². The molecule has 0 amide bonds. The first-order valence-corrected chi connectivity index (χ1v) is 17.4. The van der Waals surface area contributed by atoms with E-state index in [4.69, 9.17) is 9.47 Å². The van der Waals surface area contributed by atoms with E-state index in [9.17, 15) is 9.59 Å². The van der Waals surface area contributed by atoms with Gasteiger partial charge in [-0.3, -0.25) is 0 Å². The summed E-state index contributed by atoms with van der Waals surface area (Å²) in [7, 11) is 0. The smallest absolute Gasteiger partial charge is 0.339 e. The topological polar surface area (TPSA) is 59.1 Å². The lowest BCUT2D eigenvalue weighted by molar-refractivity contribution is 0.0417. The second-order valence-corrected chi connectivity index (χ2v) is 11.6. The Bertz CT molecular complexity index is 735. The number of unbranched alkanes of at least 4 members (excludes halogenated alkanes) is 14. The standard InChI is InChI=1S/C36H64N2O4/c1-5-9-11-13-15-17-19-23-27-37(7-3)29-31-41-35(39)33-25-21-22-26-34(33)36(40)42-32-30-38(8-4)28-24-20-18-16-14-12-10-6-2/h21-22,25-26H,5-20,23-24,27-32H2,1-4H3. The Hall–Kier alpha value is -1.92. The van der Waals surface area contributed by atoms with Gasteiger partial charge in [-0.25, -0.2) is 9.59 Å². The quantitative estimate of drug-likeness (QED) is 0.0719. The van der Waals surface area contributed by atoms with Gasteiger partial charge < -0.3 is 19.3 Å². The summed E-state index contributed by atoms with van der Waals surface area (Å²) >= 11 is 0. The Morgan fingerprint density at radius 1 is 0.500 bits per heavy atom. The maximum absolute atomic E-state index is 12.9. The fraction of sp³-hybridized carbons (Fsp3) is 0.778. The van der Waals surface area contributed by atoms with Gasteiger partial charge in [-0.15, -0.1) is 0 Å². The lowest BCUT2D eigenvalue weighted by atomic mass is 10.1. The van der Waals surface area contributed by atoms with Crippen LogP contribution in [-0.4, -0.2) is 74.2 Å². The summed E-state index contributed by atoms with van der Waals surface area (Å²) in [6.45, 7) is 14.8. The van der Waals surface area contributed by atoms with E-state index in [1.165, 1.54) is 103 Å². The Morgan fingerprint density at radius 3 is 1.17 bits per heavy atom. The molecule has 0 heterocycles. The van der Waals surface area contributed by atoms with E-state index in [-0.39, 0.29) is 11.1 Å². The molecule has 0 bridgehead atoms. The minimum Gasteiger partial charge on any atom is -0.461 e. The zero-order valence-electron chi connectivity index (χ0n) is 27.8. The number of hydrogen-bond acceptors (Lipinski definition) is 6. The van der Waals surface area contributed by atoms with E-state index in [0.717, 1.165) is 26.2 Å². The van der Waals surface area contributed by atoms with Crippen LogP contribution < -0.4 is 0 Å². The van der Waals surface area contributed by atoms with Gasteiger partial charge >= 0.3 is 11.9 Å². The normalized spacial score (nSPS) is 11.4. The fourth-order valence-electron chi connectivity index (χ4n) is 5.32. The molecular weight excluding hydrogens is 524 g/mol. The maximum Gasteiger partial charge on any atom is 0.339 e. The van der Waals surface area contributed by atoms with E-state index in [1.807, 2.05) is 0 Å². The molecule has 0 radical (unpaired) electrons. The molecule has 0 aliphatic heterocycles. The van der Waals surface area contributed by atoms with Crippen molar-refractivity contribution in [2.24, 2.45) is 0 Å². The Labute approximate surface area is 258 Å². The molecule has 0 saturated carbocycles. The molecule has 0 N–H and O–H groups in total. The van der Waals surface area contributed by atoms with Gasteiger partial charge in [0.25, 0.3) is 0 Å². The highest BCUT2D eigenvalue weighted by Crippen LogP contribution is 2.13. The largest absolute Gasteiger partial charge is 0.461 e. The summed E-state index contributed by atoms with van der Waals surface area (Å²) in [5, 5.41) is 0. The van der Waals surface area contributed by atoms with E-state index < -0.39 is 11.9 Å². The fourth-order valence-corrected chi connectivity index (χ4v) is 5.32. The minimum absolute atomic E-state index is 0.278. The first-order chi connectivity index (χ1) is 20.6.